The zero-order valence-electron chi connectivity index (χ0n) is 18.9. The van der Waals surface area contributed by atoms with Crippen LogP contribution in [0.1, 0.15) is 0 Å². The van der Waals surface area contributed by atoms with Crippen LogP contribution in [0.15, 0.2) is 108 Å². The van der Waals surface area contributed by atoms with Gasteiger partial charge in [0.15, 0.2) is 23.1 Å². The number of rotatable bonds is 3. The molecule has 0 bridgehead atoms. The first-order valence-corrected chi connectivity index (χ1v) is 11.9. The van der Waals surface area contributed by atoms with Gasteiger partial charge in [-0.05, 0) is 29.0 Å². The van der Waals surface area contributed by atoms with E-state index in [2.05, 4.69) is 29.2 Å². The van der Waals surface area contributed by atoms with E-state index in [1.165, 1.54) is 0 Å². The van der Waals surface area contributed by atoms with Crippen molar-refractivity contribution >= 4 is 44.4 Å². The molecule has 0 saturated carbocycles. The molecule has 36 heavy (non-hydrogen) atoms. The van der Waals surface area contributed by atoms with Gasteiger partial charge in [0.25, 0.3) is 0 Å². The first kappa shape index (κ1) is 20.7. The minimum absolute atomic E-state index is 0.490. The summed E-state index contributed by atoms with van der Waals surface area (Å²) in [6.07, 6.45) is 1.70. The van der Waals surface area contributed by atoms with Crippen molar-refractivity contribution in [1.82, 2.24) is 19.9 Å². The van der Waals surface area contributed by atoms with E-state index in [9.17, 15) is 0 Å². The fourth-order valence-electron chi connectivity index (χ4n) is 4.54. The van der Waals surface area contributed by atoms with Crippen molar-refractivity contribution in [3.05, 3.63) is 108 Å². The van der Waals surface area contributed by atoms with Crippen molar-refractivity contribution in [3.63, 3.8) is 0 Å². The van der Waals surface area contributed by atoms with Gasteiger partial charge in [-0.1, -0.05) is 90.5 Å². The van der Waals surface area contributed by atoms with Crippen molar-refractivity contribution < 1.29 is 4.42 Å². The number of pyridine rings is 1. The zero-order valence-corrected chi connectivity index (χ0v) is 19.6. The predicted molar refractivity (Wildman–Crippen MR) is 144 cm³/mol. The van der Waals surface area contributed by atoms with E-state index in [4.69, 9.17) is 31.0 Å². The lowest BCUT2D eigenvalue weighted by atomic mass is 10.1. The number of hydrogen-bond donors (Lipinski definition) is 0. The van der Waals surface area contributed by atoms with E-state index in [-0.39, 0.29) is 0 Å². The van der Waals surface area contributed by atoms with E-state index < -0.39 is 0 Å². The van der Waals surface area contributed by atoms with Gasteiger partial charge in [0.05, 0.1) is 10.4 Å². The van der Waals surface area contributed by atoms with Gasteiger partial charge in [-0.2, -0.15) is 0 Å². The SMILES string of the molecule is Clc1cccc2c1oc1nccc(-c3nc(-c4ccccc4)nc(-c4ccc5ccccc5c4)n3)c12. The van der Waals surface area contributed by atoms with Gasteiger partial charge in [0.2, 0.25) is 5.71 Å². The summed E-state index contributed by atoms with van der Waals surface area (Å²) in [4.78, 5) is 19.1. The first-order chi connectivity index (χ1) is 17.7. The normalized spacial score (nSPS) is 11.5. The van der Waals surface area contributed by atoms with Crippen molar-refractivity contribution in [2.45, 2.75) is 0 Å². The zero-order chi connectivity index (χ0) is 24.1. The molecule has 0 aliphatic heterocycles. The first-order valence-electron chi connectivity index (χ1n) is 11.5. The van der Waals surface area contributed by atoms with Crippen LogP contribution in [0.25, 0.3) is 67.0 Å². The molecule has 7 rings (SSSR count). The molecule has 0 saturated heterocycles. The second-order valence-electron chi connectivity index (χ2n) is 8.49. The average molecular weight is 485 g/mol. The summed E-state index contributed by atoms with van der Waals surface area (Å²) in [6, 6.07) is 32.0. The molecule has 0 spiro atoms. The second-order valence-corrected chi connectivity index (χ2v) is 8.90. The minimum Gasteiger partial charge on any atom is -0.436 e. The van der Waals surface area contributed by atoms with Crippen LogP contribution in [0, 0.1) is 0 Å². The molecule has 5 nitrogen and oxygen atoms in total. The Morgan fingerprint density at radius 3 is 2.22 bits per heavy atom. The van der Waals surface area contributed by atoms with Gasteiger partial charge in [-0.25, -0.2) is 19.9 Å². The number of fused-ring (bicyclic) bond motifs is 4. The second kappa shape index (κ2) is 8.26. The predicted octanol–water partition coefficient (Wildman–Crippen LogP) is 7.97. The van der Waals surface area contributed by atoms with Crippen LogP contribution >= 0.6 is 11.6 Å². The molecule has 6 heteroatoms. The highest BCUT2D eigenvalue weighted by Crippen LogP contribution is 2.38. The number of para-hydroxylation sites is 1. The Labute approximate surface area is 211 Å². The Bertz CT molecular complexity index is 1910. The van der Waals surface area contributed by atoms with Gasteiger partial charge in [0, 0.05) is 28.3 Å². The Balaban J connectivity index is 1.51. The van der Waals surface area contributed by atoms with Crippen molar-refractivity contribution in [1.29, 1.82) is 0 Å². The van der Waals surface area contributed by atoms with E-state index in [0.717, 1.165) is 38.2 Å². The van der Waals surface area contributed by atoms with E-state index >= 15 is 0 Å². The molecule has 0 aliphatic rings. The molecular weight excluding hydrogens is 468 g/mol. The number of aromatic nitrogens is 4. The Morgan fingerprint density at radius 2 is 1.36 bits per heavy atom. The number of halogens is 1. The van der Waals surface area contributed by atoms with Gasteiger partial charge < -0.3 is 4.42 Å². The molecule has 3 heterocycles. The largest absolute Gasteiger partial charge is 0.436 e. The standard InChI is InChI=1S/C30H17ClN4O/c31-24-12-6-11-22-25-23(15-16-32-30(25)36-26(22)24)29-34-27(19-8-2-1-3-9-19)33-28(35-29)21-14-13-18-7-4-5-10-20(18)17-21/h1-17H. The maximum absolute atomic E-state index is 6.42. The highest BCUT2D eigenvalue weighted by Gasteiger charge is 2.19. The highest BCUT2D eigenvalue weighted by molar-refractivity contribution is 6.36. The van der Waals surface area contributed by atoms with Crippen molar-refractivity contribution in [3.8, 4) is 34.2 Å². The summed E-state index contributed by atoms with van der Waals surface area (Å²) in [5.41, 5.74) is 3.72. The summed E-state index contributed by atoms with van der Waals surface area (Å²) in [7, 11) is 0. The fourth-order valence-corrected chi connectivity index (χ4v) is 4.76. The summed E-state index contributed by atoms with van der Waals surface area (Å²) < 4.78 is 6.01. The monoisotopic (exact) mass is 484 g/mol. The van der Waals surface area contributed by atoms with Gasteiger partial charge in [-0.15, -0.1) is 0 Å². The quantitative estimate of drug-likeness (QED) is 0.254. The number of furan rings is 1. The molecule has 170 valence electrons. The third-order valence-corrected chi connectivity index (χ3v) is 6.56. The van der Waals surface area contributed by atoms with Crippen LogP contribution in [0.5, 0.6) is 0 Å². The van der Waals surface area contributed by atoms with E-state index in [1.54, 1.807) is 12.3 Å². The summed E-state index contributed by atoms with van der Waals surface area (Å²) in [5, 5.41) is 4.52. The van der Waals surface area contributed by atoms with E-state index in [0.29, 0.717) is 33.8 Å². The number of nitrogens with zero attached hydrogens (tertiary/aromatic N) is 4. The molecule has 0 unspecified atom stereocenters. The molecule has 0 radical (unpaired) electrons. The van der Waals surface area contributed by atoms with Crippen LogP contribution in [0.2, 0.25) is 5.02 Å². The maximum atomic E-state index is 6.42. The van der Waals surface area contributed by atoms with Crippen LogP contribution in [-0.4, -0.2) is 19.9 Å². The molecule has 0 atom stereocenters. The lowest BCUT2D eigenvalue weighted by Gasteiger charge is -2.09. The average Bonchev–Trinajstić information content (AvgIpc) is 3.33. The van der Waals surface area contributed by atoms with Crippen molar-refractivity contribution in [2.24, 2.45) is 0 Å². The smallest absolute Gasteiger partial charge is 0.228 e. The molecule has 0 amide bonds. The van der Waals surface area contributed by atoms with Crippen LogP contribution in [0.4, 0.5) is 0 Å². The number of benzene rings is 4. The Morgan fingerprint density at radius 1 is 0.611 bits per heavy atom. The van der Waals surface area contributed by atoms with Crippen LogP contribution < -0.4 is 0 Å². The van der Waals surface area contributed by atoms with Crippen LogP contribution in [-0.2, 0) is 0 Å². The molecule has 0 fully saturated rings. The highest BCUT2D eigenvalue weighted by atomic mass is 35.5. The molecule has 7 aromatic rings. The lowest BCUT2D eigenvalue weighted by Crippen LogP contribution is -2.00. The van der Waals surface area contributed by atoms with E-state index in [1.807, 2.05) is 66.7 Å². The summed E-state index contributed by atoms with van der Waals surface area (Å²) >= 11 is 6.42. The summed E-state index contributed by atoms with van der Waals surface area (Å²) in [6.45, 7) is 0. The minimum atomic E-state index is 0.490. The molecule has 0 aliphatic carbocycles. The maximum Gasteiger partial charge on any atom is 0.228 e. The lowest BCUT2D eigenvalue weighted by molar-refractivity contribution is 0.654. The Hall–Kier alpha value is -4.61. The summed E-state index contributed by atoms with van der Waals surface area (Å²) in [5.74, 6) is 1.74. The van der Waals surface area contributed by atoms with Gasteiger partial charge in [-0.3, -0.25) is 0 Å². The Kier molecular flexibility index (Phi) is 4.76. The molecule has 3 aromatic heterocycles. The molecular formula is C30H17ClN4O. The molecule has 4 aromatic carbocycles. The van der Waals surface area contributed by atoms with Crippen molar-refractivity contribution in [2.75, 3.05) is 0 Å². The molecule has 0 N–H and O–H groups in total. The van der Waals surface area contributed by atoms with Crippen LogP contribution in [0.3, 0.4) is 0 Å². The topological polar surface area (TPSA) is 64.7 Å². The van der Waals surface area contributed by atoms with Gasteiger partial charge in [0.1, 0.15) is 0 Å². The third kappa shape index (κ3) is 3.41. The van der Waals surface area contributed by atoms with Gasteiger partial charge >= 0.3 is 0 Å². The number of hydrogen-bond acceptors (Lipinski definition) is 5. The fraction of sp³-hybridized carbons (Fsp3) is 0. The third-order valence-electron chi connectivity index (χ3n) is 6.27.